The minimum absolute atomic E-state index is 0.220. The summed E-state index contributed by atoms with van der Waals surface area (Å²) in [6.45, 7) is 3.91. The highest BCUT2D eigenvalue weighted by Gasteiger charge is 2.11. The largest absolute Gasteiger partial charge is 0.397 e. The molecule has 98 valence electrons. The van der Waals surface area contributed by atoms with Crippen LogP contribution in [0.25, 0.3) is 0 Å². The highest BCUT2D eigenvalue weighted by molar-refractivity contribution is 6.31. The molecular weight excluding hydrogens is 260 g/mol. The van der Waals surface area contributed by atoms with E-state index in [2.05, 4.69) is 5.32 Å². The second kappa shape index (κ2) is 5.33. The Morgan fingerprint density at radius 1 is 1.21 bits per heavy atom. The van der Waals surface area contributed by atoms with Crippen LogP contribution in [-0.4, -0.2) is 5.91 Å². The molecule has 2 rings (SSSR count). The summed E-state index contributed by atoms with van der Waals surface area (Å²) in [5.41, 5.74) is 9.67. The zero-order valence-corrected chi connectivity index (χ0v) is 11.6. The van der Waals surface area contributed by atoms with Crippen molar-refractivity contribution in [2.24, 2.45) is 0 Å². The number of rotatable bonds is 2. The number of hydrogen-bond acceptors (Lipinski definition) is 2. The van der Waals surface area contributed by atoms with Crippen molar-refractivity contribution in [2.75, 3.05) is 11.1 Å². The number of benzene rings is 2. The Balaban J connectivity index is 2.32. The molecule has 0 saturated heterocycles. The van der Waals surface area contributed by atoms with Crippen LogP contribution in [0, 0.1) is 13.8 Å². The van der Waals surface area contributed by atoms with Gasteiger partial charge in [-0.25, -0.2) is 0 Å². The number of aryl methyl sites for hydroxylation is 1. The summed E-state index contributed by atoms with van der Waals surface area (Å²) >= 11 is 5.87. The van der Waals surface area contributed by atoms with E-state index in [9.17, 15) is 4.79 Å². The predicted molar refractivity (Wildman–Crippen MR) is 79.7 cm³/mol. The summed E-state index contributed by atoms with van der Waals surface area (Å²) in [4.78, 5) is 12.2. The van der Waals surface area contributed by atoms with Crippen molar-refractivity contribution in [3.05, 3.63) is 58.1 Å². The number of halogens is 1. The maximum Gasteiger partial charge on any atom is 0.255 e. The molecule has 0 atom stereocenters. The standard InChI is InChI=1S/C15H15ClN2O/c1-9-6-7-13(17)14(10(9)2)18-15(19)11-4-3-5-12(16)8-11/h3-8H,17H2,1-2H3,(H,18,19). The summed E-state index contributed by atoms with van der Waals surface area (Å²) in [6, 6.07) is 10.5. The fourth-order valence-corrected chi connectivity index (χ4v) is 2.01. The smallest absolute Gasteiger partial charge is 0.255 e. The Labute approximate surface area is 117 Å². The van der Waals surface area contributed by atoms with Gasteiger partial charge in [-0.3, -0.25) is 4.79 Å². The van der Waals surface area contributed by atoms with E-state index in [1.165, 1.54) is 0 Å². The molecule has 0 spiro atoms. The van der Waals surface area contributed by atoms with Crippen LogP contribution in [-0.2, 0) is 0 Å². The number of anilines is 2. The minimum Gasteiger partial charge on any atom is -0.397 e. The van der Waals surface area contributed by atoms with Crippen molar-refractivity contribution in [3.63, 3.8) is 0 Å². The SMILES string of the molecule is Cc1ccc(N)c(NC(=O)c2cccc(Cl)c2)c1C. The van der Waals surface area contributed by atoms with Crippen LogP contribution in [0.15, 0.2) is 36.4 Å². The molecule has 0 fully saturated rings. The van der Waals surface area contributed by atoms with Crippen LogP contribution in [0.4, 0.5) is 11.4 Å². The van der Waals surface area contributed by atoms with Gasteiger partial charge in [-0.1, -0.05) is 23.7 Å². The molecule has 0 unspecified atom stereocenters. The molecule has 19 heavy (non-hydrogen) atoms. The van der Waals surface area contributed by atoms with Crippen LogP contribution in [0.3, 0.4) is 0 Å². The molecule has 4 heteroatoms. The fourth-order valence-electron chi connectivity index (χ4n) is 1.82. The molecule has 3 N–H and O–H groups in total. The number of amides is 1. The molecule has 0 aliphatic heterocycles. The number of carbonyl (C=O) groups excluding carboxylic acids is 1. The van der Waals surface area contributed by atoms with Gasteiger partial charge in [0.25, 0.3) is 5.91 Å². The summed E-state index contributed by atoms with van der Waals surface area (Å²) in [6.07, 6.45) is 0. The van der Waals surface area contributed by atoms with Gasteiger partial charge in [0, 0.05) is 10.6 Å². The average Bonchev–Trinajstić information content (AvgIpc) is 2.39. The minimum atomic E-state index is -0.220. The van der Waals surface area contributed by atoms with Crippen molar-refractivity contribution in [1.29, 1.82) is 0 Å². The lowest BCUT2D eigenvalue weighted by molar-refractivity contribution is 0.102. The monoisotopic (exact) mass is 274 g/mol. The summed E-state index contributed by atoms with van der Waals surface area (Å²) in [5.74, 6) is -0.220. The number of nitrogens with two attached hydrogens (primary N) is 1. The summed E-state index contributed by atoms with van der Waals surface area (Å²) in [5, 5.41) is 3.37. The first-order chi connectivity index (χ1) is 8.99. The lowest BCUT2D eigenvalue weighted by atomic mass is 10.1. The average molecular weight is 275 g/mol. The zero-order chi connectivity index (χ0) is 14.0. The zero-order valence-electron chi connectivity index (χ0n) is 10.8. The molecule has 0 bridgehead atoms. The van der Waals surface area contributed by atoms with E-state index in [1.807, 2.05) is 19.9 Å². The first-order valence-corrected chi connectivity index (χ1v) is 6.29. The van der Waals surface area contributed by atoms with E-state index >= 15 is 0 Å². The first-order valence-electron chi connectivity index (χ1n) is 5.91. The lowest BCUT2D eigenvalue weighted by Crippen LogP contribution is -2.14. The van der Waals surface area contributed by atoms with Gasteiger partial charge < -0.3 is 11.1 Å². The Bertz CT molecular complexity index is 638. The van der Waals surface area contributed by atoms with E-state index in [1.54, 1.807) is 30.3 Å². The fraction of sp³-hybridized carbons (Fsp3) is 0.133. The topological polar surface area (TPSA) is 55.1 Å². The van der Waals surface area contributed by atoms with Crippen LogP contribution in [0.1, 0.15) is 21.5 Å². The Morgan fingerprint density at radius 3 is 2.63 bits per heavy atom. The van der Waals surface area contributed by atoms with Crippen molar-refractivity contribution in [1.82, 2.24) is 0 Å². The quantitative estimate of drug-likeness (QED) is 0.819. The van der Waals surface area contributed by atoms with E-state index < -0.39 is 0 Å². The number of nitrogens with one attached hydrogen (secondary N) is 1. The molecule has 0 aliphatic rings. The van der Waals surface area contributed by atoms with E-state index in [0.29, 0.717) is 22.0 Å². The van der Waals surface area contributed by atoms with Gasteiger partial charge in [0.05, 0.1) is 11.4 Å². The van der Waals surface area contributed by atoms with E-state index in [-0.39, 0.29) is 5.91 Å². The molecule has 2 aromatic rings. The maximum absolute atomic E-state index is 12.2. The van der Waals surface area contributed by atoms with E-state index in [4.69, 9.17) is 17.3 Å². The molecule has 0 saturated carbocycles. The number of hydrogen-bond donors (Lipinski definition) is 2. The maximum atomic E-state index is 12.2. The van der Waals surface area contributed by atoms with Crippen LogP contribution in [0.2, 0.25) is 5.02 Å². The highest BCUT2D eigenvalue weighted by Crippen LogP contribution is 2.26. The molecule has 0 aliphatic carbocycles. The van der Waals surface area contributed by atoms with Gasteiger partial charge >= 0.3 is 0 Å². The Kier molecular flexibility index (Phi) is 3.76. The van der Waals surface area contributed by atoms with Gasteiger partial charge in [0.15, 0.2) is 0 Å². The lowest BCUT2D eigenvalue weighted by Gasteiger charge is -2.13. The number of nitrogen functional groups attached to an aromatic ring is 1. The molecule has 0 aromatic heterocycles. The normalized spacial score (nSPS) is 10.3. The predicted octanol–water partition coefficient (Wildman–Crippen LogP) is 3.79. The van der Waals surface area contributed by atoms with Gasteiger partial charge in [0.1, 0.15) is 0 Å². The molecular formula is C15H15ClN2O. The van der Waals surface area contributed by atoms with Gasteiger partial charge in [-0.2, -0.15) is 0 Å². The summed E-state index contributed by atoms with van der Waals surface area (Å²) < 4.78 is 0. The Hall–Kier alpha value is -2.00. The first kappa shape index (κ1) is 13.4. The molecule has 0 heterocycles. The molecule has 3 nitrogen and oxygen atoms in total. The second-order valence-corrected chi connectivity index (χ2v) is 4.87. The van der Waals surface area contributed by atoms with Crippen molar-refractivity contribution in [3.8, 4) is 0 Å². The van der Waals surface area contributed by atoms with Gasteiger partial charge in [0.2, 0.25) is 0 Å². The van der Waals surface area contributed by atoms with Gasteiger partial charge in [-0.05, 0) is 49.2 Å². The summed E-state index contributed by atoms with van der Waals surface area (Å²) in [7, 11) is 0. The molecule has 2 aromatic carbocycles. The molecule has 0 radical (unpaired) electrons. The van der Waals surface area contributed by atoms with Crippen LogP contribution >= 0.6 is 11.6 Å². The van der Waals surface area contributed by atoms with Gasteiger partial charge in [-0.15, -0.1) is 0 Å². The van der Waals surface area contributed by atoms with E-state index in [0.717, 1.165) is 11.1 Å². The van der Waals surface area contributed by atoms with Crippen LogP contribution in [0.5, 0.6) is 0 Å². The van der Waals surface area contributed by atoms with Crippen molar-refractivity contribution < 1.29 is 4.79 Å². The van der Waals surface area contributed by atoms with Crippen molar-refractivity contribution in [2.45, 2.75) is 13.8 Å². The van der Waals surface area contributed by atoms with Crippen LogP contribution < -0.4 is 11.1 Å². The molecule has 1 amide bonds. The Morgan fingerprint density at radius 2 is 1.95 bits per heavy atom. The second-order valence-electron chi connectivity index (χ2n) is 4.44. The van der Waals surface area contributed by atoms with Crippen molar-refractivity contribution >= 4 is 28.9 Å². The number of carbonyl (C=O) groups is 1. The third kappa shape index (κ3) is 2.88. The highest BCUT2D eigenvalue weighted by atomic mass is 35.5. The third-order valence-corrected chi connectivity index (χ3v) is 3.33. The third-order valence-electron chi connectivity index (χ3n) is 3.09.